The lowest BCUT2D eigenvalue weighted by Gasteiger charge is -2.07. The van der Waals surface area contributed by atoms with Gasteiger partial charge in [0.2, 0.25) is 0 Å². The van der Waals surface area contributed by atoms with Crippen LogP contribution in [-0.4, -0.2) is 0 Å². The Bertz CT molecular complexity index is 766. The zero-order chi connectivity index (χ0) is 14.1. The largest absolute Gasteiger partial charge is 0.461 e. The van der Waals surface area contributed by atoms with Crippen LogP contribution in [0.2, 0.25) is 0 Å². The van der Waals surface area contributed by atoms with E-state index in [4.69, 9.17) is 4.42 Å². The molecule has 0 saturated carbocycles. The molecule has 1 heterocycles. The monoisotopic (exact) mass is 333 g/mol. The van der Waals surface area contributed by atoms with Gasteiger partial charge in [-0.15, -0.1) is 0 Å². The van der Waals surface area contributed by atoms with Gasteiger partial charge in [0.25, 0.3) is 0 Å². The van der Waals surface area contributed by atoms with Crippen molar-refractivity contribution in [3.63, 3.8) is 0 Å². The summed E-state index contributed by atoms with van der Waals surface area (Å²) in [5, 5.41) is 4.40. The zero-order valence-electron chi connectivity index (χ0n) is 10.9. The Morgan fingerprint density at radius 1 is 1.20 bits per heavy atom. The molecule has 3 aromatic rings. The first-order valence-corrected chi connectivity index (χ1v) is 7.10. The summed E-state index contributed by atoms with van der Waals surface area (Å²) in [6.07, 6.45) is 0. The van der Waals surface area contributed by atoms with Crippen molar-refractivity contribution in [3.05, 3.63) is 64.1 Å². The van der Waals surface area contributed by atoms with Gasteiger partial charge in [-0.05, 0) is 47.1 Å². The molecule has 4 heteroatoms. The molecule has 1 aromatic heterocycles. The number of rotatable bonds is 3. The van der Waals surface area contributed by atoms with E-state index in [1.165, 1.54) is 6.07 Å². The lowest BCUT2D eigenvalue weighted by molar-refractivity contribution is 0.573. The Hall–Kier alpha value is -1.81. The van der Waals surface area contributed by atoms with E-state index in [9.17, 15) is 4.39 Å². The summed E-state index contributed by atoms with van der Waals surface area (Å²) in [7, 11) is 0. The van der Waals surface area contributed by atoms with Gasteiger partial charge in [0.15, 0.2) is 0 Å². The second kappa shape index (κ2) is 5.29. The third-order valence-corrected chi connectivity index (χ3v) is 3.90. The van der Waals surface area contributed by atoms with Crippen molar-refractivity contribution in [3.8, 4) is 0 Å². The molecule has 0 atom stereocenters. The molecule has 0 spiro atoms. The molecule has 2 nitrogen and oxygen atoms in total. The second-order valence-electron chi connectivity index (χ2n) is 4.62. The maximum absolute atomic E-state index is 13.2. The van der Waals surface area contributed by atoms with Crippen LogP contribution in [0.25, 0.3) is 11.0 Å². The number of halogens is 2. The molecule has 20 heavy (non-hydrogen) atoms. The van der Waals surface area contributed by atoms with Gasteiger partial charge in [-0.25, -0.2) is 4.39 Å². The van der Waals surface area contributed by atoms with E-state index >= 15 is 0 Å². The lowest BCUT2D eigenvalue weighted by atomic mass is 10.1. The highest BCUT2D eigenvalue weighted by Crippen LogP contribution is 2.26. The highest BCUT2D eigenvalue weighted by molar-refractivity contribution is 9.10. The smallest absolute Gasteiger partial charge is 0.137 e. The summed E-state index contributed by atoms with van der Waals surface area (Å²) < 4.78 is 19.4. The number of furan rings is 1. The molecule has 0 aliphatic carbocycles. The first-order chi connectivity index (χ1) is 9.65. The minimum absolute atomic E-state index is 0.263. The van der Waals surface area contributed by atoms with Crippen LogP contribution in [0.15, 0.2) is 51.4 Å². The molecule has 0 radical (unpaired) electrons. The fraction of sp³-hybridized carbons (Fsp3) is 0.125. The van der Waals surface area contributed by atoms with Gasteiger partial charge >= 0.3 is 0 Å². The van der Waals surface area contributed by atoms with E-state index in [1.807, 2.05) is 31.2 Å². The Morgan fingerprint density at radius 2 is 2.00 bits per heavy atom. The van der Waals surface area contributed by atoms with Gasteiger partial charge in [-0.3, -0.25) is 0 Å². The summed E-state index contributed by atoms with van der Waals surface area (Å²) in [4.78, 5) is 0. The van der Waals surface area contributed by atoms with Crippen molar-refractivity contribution in [2.45, 2.75) is 13.5 Å². The predicted molar refractivity (Wildman–Crippen MR) is 82.4 cm³/mol. The third kappa shape index (κ3) is 2.43. The first-order valence-electron chi connectivity index (χ1n) is 6.31. The van der Waals surface area contributed by atoms with Crippen LogP contribution >= 0.6 is 15.9 Å². The Morgan fingerprint density at radius 3 is 2.80 bits per heavy atom. The van der Waals surface area contributed by atoms with Crippen LogP contribution < -0.4 is 5.32 Å². The van der Waals surface area contributed by atoms with E-state index in [0.717, 1.165) is 28.0 Å². The summed E-state index contributed by atoms with van der Waals surface area (Å²) in [6.45, 7) is 2.60. The maximum atomic E-state index is 13.2. The van der Waals surface area contributed by atoms with Crippen molar-refractivity contribution in [1.82, 2.24) is 0 Å². The van der Waals surface area contributed by atoms with Crippen molar-refractivity contribution < 1.29 is 8.81 Å². The molecule has 3 rings (SSSR count). The number of hydrogen-bond acceptors (Lipinski definition) is 2. The molecule has 0 saturated heterocycles. The summed E-state index contributed by atoms with van der Waals surface area (Å²) in [5.41, 5.74) is 2.88. The van der Waals surface area contributed by atoms with Crippen LogP contribution in [-0.2, 0) is 6.54 Å². The lowest BCUT2D eigenvalue weighted by Crippen LogP contribution is -2.00. The molecule has 0 unspecified atom stereocenters. The molecule has 0 amide bonds. The quantitative estimate of drug-likeness (QED) is 0.707. The molecular weight excluding hydrogens is 321 g/mol. The van der Waals surface area contributed by atoms with E-state index in [-0.39, 0.29) is 5.82 Å². The molecule has 0 aliphatic rings. The number of benzene rings is 2. The van der Waals surface area contributed by atoms with E-state index < -0.39 is 0 Å². The number of anilines is 1. The van der Waals surface area contributed by atoms with Crippen LogP contribution in [0.1, 0.15) is 11.3 Å². The number of fused-ring (bicyclic) bond motifs is 1. The Kier molecular flexibility index (Phi) is 3.49. The minimum Gasteiger partial charge on any atom is -0.461 e. The molecule has 2 aromatic carbocycles. The first kappa shape index (κ1) is 13.2. The van der Waals surface area contributed by atoms with Crippen LogP contribution in [0, 0.1) is 12.7 Å². The molecule has 102 valence electrons. The predicted octanol–water partition coefficient (Wildman–Crippen LogP) is 5.25. The van der Waals surface area contributed by atoms with Gasteiger partial charge < -0.3 is 9.73 Å². The summed E-state index contributed by atoms with van der Waals surface area (Å²) in [6, 6.07) is 12.8. The van der Waals surface area contributed by atoms with Gasteiger partial charge in [-0.1, -0.05) is 18.2 Å². The summed E-state index contributed by atoms with van der Waals surface area (Å²) in [5.74, 6) is 0.639. The van der Waals surface area contributed by atoms with Crippen molar-refractivity contribution >= 4 is 32.6 Å². The number of aryl methyl sites for hydroxylation is 1. The molecule has 0 aliphatic heterocycles. The fourth-order valence-corrected chi connectivity index (χ4v) is 2.62. The average Bonchev–Trinajstić information content (AvgIpc) is 2.76. The number of para-hydroxylation sites is 1. The third-order valence-electron chi connectivity index (χ3n) is 3.29. The standard InChI is InChI=1S/C16H13BrFNO/c1-10-13(12-4-2-3-5-16(12)20-10)9-19-11-6-7-15(18)14(17)8-11/h2-8,19H,9H2,1H3. The Labute approximate surface area is 124 Å². The van der Waals surface area contributed by atoms with Gasteiger partial charge in [0, 0.05) is 23.2 Å². The zero-order valence-corrected chi connectivity index (χ0v) is 12.5. The van der Waals surface area contributed by atoms with Crippen molar-refractivity contribution in [2.75, 3.05) is 5.32 Å². The van der Waals surface area contributed by atoms with Crippen LogP contribution in [0.5, 0.6) is 0 Å². The molecule has 0 fully saturated rings. The minimum atomic E-state index is -0.263. The van der Waals surface area contributed by atoms with E-state index in [2.05, 4.69) is 21.2 Å². The average molecular weight is 334 g/mol. The van der Waals surface area contributed by atoms with Gasteiger partial charge in [0.1, 0.15) is 17.2 Å². The second-order valence-corrected chi connectivity index (χ2v) is 5.47. The molecular formula is C16H13BrFNO. The van der Waals surface area contributed by atoms with Crippen LogP contribution in [0.4, 0.5) is 10.1 Å². The topological polar surface area (TPSA) is 25.2 Å². The Balaban J connectivity index is 1.86. The van der Waals surface area contributed by atoms with E-state index in [1.54, 1.807) is 12.1 Å². The fourth-order valence-electron chi connectivity index (χ4n) is 2.24. The number of hydrogen-bond donors (Lipinski definition) is 1. The SMILES string of the molecule is Cc1oc2ccccc2c1CNc1ccc(F)c(Br)c1. The number of nitrogens with one attached hydrogen (secondary N) is 1. The highest BCUT2D eigenvalue weighted by atomic mass is 79.9. The normalized spacial score (nSPS) is 10.9. The molecule has 0 bridgehead atoms. The van der Waals surface area contributed by atoms with Gasteiger partial charge in [-0.2, -0.15) is 0 Å². The van der Waals surface area contributed by atoms with Crippen molar-refractivity contribution in [2.24, 2.45) is 0 Å². The van der Waals surface area contributed by atoms with Gasteiger partial charge in [0.05, 0.1) is 4.47 Å². The maximum Gasteiger partial charge on any atom is 0.137 e. The highest BCUT2D eigenvalue weighted by Gasteiger charge is 2.10. The summed E-state index contributed by atoms with van der Waals surface area (Å²) >= 11 is 3.19. The van der Waals surface area contributed by atoms with E-state index in [0.29, 0.717) is 11.0 Å². The van der Waals surface area contributed by atoms with Crippen LogP contribution in [0.3, 0.4) is 0 Å². The van der Waals surface area contributed by atoms with Crippen molar-refractivity contribution in [1.29, 1.82) is 0 Å². The molecule has 1 N–H and O–H groups in total.